The molecule has 0 saturated carbocycles. The fourth-order valence-corrected chi connectivity index (χ4v) is 1.86. The third-order valence-corrected chi connectivity index (χ3v) is 2.79. The molecule has 0 radical (unpaired) electrons. The Bertz CT molecular complexity index is 546. The quantitative estimate of drug-likeness (QED) is 0.886. The van der Waals surface area contributed by atoms with Gasteiger partial charge in [-0.25, -0.2) is 0 Å². The molecule has 2 aromatic heterocycles. The van der Waals surface area contributed by atoms with Crippen molar-refractivity contribution in [1.82, 2.24) is 14.9 Å². The van der Waals surface area contributed by atoms with E-state index in [9.17, 15) is 0 Å². The Morgan fingerprint density at radius 1 is 1.39 bits per heavy atom. The van der Waals surface area contributed by atoms with Gasteiger partial charge in [0.2, 0.25) is 0 Å². The number of nitrogens with two attached hydrogens (primary N) is 1. The molecule has 2 N–H and O–H groups in total. The lowest BCUT2D eigenvalue weighted by Crippen LogP contribution is -2.13. The summed E-state index contributed by atoms with van der Waals surface area (Å²) in [5.74, 6) is 0.689. The Labute approximate surface area is 107 Å². The number of aromatic nitrogens is 3. The highest BCUT2D eigenvalue weighted by Gasteiger charge is 2.24. The van der Waals surface area contributed by atoms with Crippen LogP contribution in [0.5, 0.6) is 0 Å². The van der Waals surface area contributed by atoms with Crippen molar-refractivity contribution in [2.75, 3.05) is 0 Å². The van der Waals surface area contributed by atoms with Crippen LogP contribution in [-0.4, -0.2) is 14.9 Å². The molecule has 0 bridgehead atoms. The van der Waals surface area contributed by atoms with Crippen molar-refractivity contribution in [1.29, 1.82) is 0 Å². The van der Waals surface area contributed by atoms with Gasteiger partial charge in [-0.05, 0) is 6.92 Å². The first kappa shape index (κ1) is 12.8. The lowest BCUT2D eigenvalue weighted by Gasteiger charge is -2.16. The van der Waals surface area contributed by atoms with Gasteiger partial charge in [0.25, 0.3) is 0 Å². The van der Waals surface area contributed by atoms with Crippen LogP contribution in [0.2, 0.25) is 0 Å². The molecule has 5 nitrogen and oxygen atoms in total. The van der Waals surface area contributed by atoms with E-state index in [0.29, 0.717) is 5.76 Å². The Morgan fingerprint density at radius 3 is 2.56 bits per heavy atom. The van der Waals surface area contributed by atoms with Gasteiger partial charge in [0.1, 0.15) is 5.69 Å². The number of rotatable bonds is 2. The van der Waals surface area contributed by atoms with Crippen LogP contribution in [0.4, 0.5) is 0 Å². The van der Waals surface area contributed by atoms with E-state index in [1.807, 2.05) is 26.2 Å². The molecule has 0 aliphatic carbocycles. The standard InChI is InChI=1S/C13H20N4O/c1-8(14)11-6-10(16-18-11)9-7-17(5)15-12(9)13(2,3)4/h6-8H,14H2,1-5H3. The number of nitrogens with zero attached hydrogens (tertiary/aromatic N) is 3. The third kappa shape index (κ3) is 2.31. The van der Waals surface area contributed by atoms with E-state index in [-0.39, 0.29) is 11.5 Å². The molecule has 0 amide bonds. The molecule has 2 aromatic rings. The molecule has 1 unspecified atom stereocenters. The van der Waals surface area contributed by atoms with Crippen LogP contribution in [0.3, 0.4) is 0 Å². The second kappa shape index (κ2) is 4.24. The third-order valence-electron chi connectivity index (χ3n) is 2.79. The van der Waals surface area contributed by atoms with E-state index >= 15 is 0 Å². The molecule has 0 spiro atoms. The van der Waals surface area contributed by atoms with Crippen molar-refractivity contribution in [2.24, 2.45) is 12.8 Å². The molecule has 5 heteroatoms. The predicted octanol–water partition coefficient (Wildman–Crippen LogP) is 2.39. The summed E-state index contributed by atoms with van der Waals surface area (Å²) in [7, 11) is 1.91. The topological polar surface area (TPSA) is 69.9 Å². The van der Waals surface area contributed by atoms with Gasteiger partial charge in [-0.1, -0.05) is 25.9 Å². The monoisotopic (exact) mass is 248 g/mol. The van der Waals surface area contributed by atoms with Crippen molar-refractivity contribution in [2.45, 2.75) is 39.2 Å². The smallest absolute Gasteiger partial charge is 0.153 e. The maximum Gasteiger partial charge on any atom is 0.153 e. The first-order valence-corrected chi connectivity index (χ1v) is 6.05. The van der Waals surface area contributed by atoms with Gasteiger partial charge in [-0.2, -0.15) is 5.10 Å². The number of hydrogen-bond acceptors (Lipinski definition) is 4. The lowest BCUT2D eigenvalue weighted by molar-refractivity contribution is 0.369. The fourth-order valence-electron chi connectivity index (χ4n) is 1.86. The summed E-state index contributed by atoms with van der Waals surface area (Å²) in [6.07, 6.45) is 1.96. The Balaban J connectivity index is 2.50. The molecule has 0 aliphatic rings. The van der Waals surface area contributed by atoms with Crippen LogP contribution in [-0.2, 0) is 12.5 Å². The molecule has 1 atom stereocenters. The zero-order valence-electron chi connectivity index (χ0n) is 11.6. The highest BCUT2D eigenvalue weighted by Crippen LogP contribution is 2.31. The first-order valence-electron chi connectivity index (χ1n) is 6.05. The predicted molar refractivity (Wildman–Crippen MR) is 70.0 cm³/mol. The second-order valence-corrected chi connectivity index (χ2v) is 5.72. The van der Waals surface area contributed by atoms with Crippen molar-refractivity contribution in [3.8, 4) is 11.3 Å². The van der Waals surface area contributed by atoms with Crippen LogP contribution < -0.4 is 5.73 Å². The van der Waals surface area contributed by atoms with Gasteiger partial charge in [0.15, 0.2) is 5.76 Å². The molecule has 18 heavy (non-hydrogen) atoms. The zero-order valence-corrected chi connectivity index (χ0v) is 11.6. The Kier molecular flexibility index (Phi) is 3.02. The van der Waals surface area contributed by atoms with Crippen molar-refractivity contribution >= 4 is 0 Å². The second-order valence-electron chi connectivity index (χ2n) is 5.72. The summed E-state index contributed by atoms with van der Waals surface area (Å²) in [4.78, 5) is 0. The van der Waals surface area contributed by atoms with Crippen molar-refractivity contribution in [3.05, 3.63) is 23.7 Å². The minimum atomic E-state index is -0.152. The number of aryl methyl sites for hydroxylation is 1. The average molecular weight is 248 g/mol. The summed E-state index contributed by atoms with van der Waals surface area (Å²) < 4.78 is 7.05. The molecule has 98 valence electrons. The van der Waals surface area contributed by atoms with Crippen LogP contribution in [0.1, 0.15) is 45.2 Å². The van der Waals surface area contributed by atoms with E-state index < -0.39 is 0 Å². The molecular weight excluding hydrogens is 228 g/mol. The largest absolute Gasteiger partial charge is 0.359 e. The lowest BCUT2D eigenvalue weighted by atomic mass is 9.89. The maximum absolute atomic E-state index is 5.78. The molecule has 0 aromatic carbocycles. The van der Waals surface area contributed by atoms with E-state index in [2.05, 4.69) is 31.0 Å². The van der Waals surface area contributed by atoms with Gasteiger partial charge in [-0.15, -0.1) is 0 Å². The van der Waals surface area contributed by atoms with Crippen molar-refractivity contribution in [3.63, 3.8) is 0 Å². The SMILES string of the molecule is CC(N)c1cc(-c2cn(C)nc2C(C)(C)C)no1. The van der Waals surface area contributed by atoms with Gasteiger partial charge in [0, 0.05) is 30.3 Å². The van der Waals surface area contributed by atoms with Gasteiger partial charge in [-0.3, -0.25) is 4.68 Å². The molecule has 2 heterocycles. The van der Waals surface area contributed by atoms with Gasteiger partial charge >= 0.3 is 0 Å². The van der Waals surface area contributed by atoms with Crippen LogP contribution in [0, 0.1) is 0 Å². The van der Waals surface area contributed by atoms with Crippen LogP contribution in [0.25, 0.3) is 11.3 Å². The Hall–Kier alpha value is -1.62. The summed E-state index contributed by atoms with van der Waals surface area (Å²) in [6, 6.07) is 1.73. The minimum absolute atomic E-state index is 0.0377. The first-order chi connectivity index (χ1) is 8.29. The van der Waals surface area contributed by atoms with E-state index in [1.165, 1.54) is 0 Å². The van der Waals surface area contributed by atoms with Crippen LogP contribution >= 0.6 is 0 Å². The molecular formula is C13H20N4O. The molecule has 2 rings (SSSR count). The normalized spacial score (nSPS) is 13.9. The van der Waals surface area contributed by atoms with E-state index in [4.69, 9.17) is 10.3 Å². The fraction of sp³-hybridized carbons (Fsp3) is 0.538. The summed E-state index contributed by atoms with van der Waals surface area (Å²) in [5.41, 5.74) is 8.54. The molecule has 0 saturated heterocycles. The van der Waals surface area contributed by atoms with E-state index in [1.54, 1.807) is 4.68 Å². The summed E-state index contributed by atoms with van der Waals surface area (Å²) in [5, 5.41) is 8.60. The van der Waals surface area contributed by atoms with E-state index in [0.717, 1.165) is 17.0 Å². The highest BCUT2D eigenvalue weighted by atomic mass is 16.5. The van der Waals surface area contributed by atoms with Crippen LogP contribution in [0.15, 0.2) is 16.8 Å². The molecule has 0 aliphatic heterocycles. The van der Waals surface area contributed by atoms with Gasteiger partial charge in [0.05, 0.1) is 11.7 Å². The highest BCUT2D eigenvalue weighted by molar-refractivity contribution is 5.62. The Morgan fingerprint density at radius 2 is 2.06 bits per heavy atom. The van der Waals surface area contributed by atoms with Gasteiger partial charge < -0.3 is 10.3 Å². The molecule has 0 fully saturated rings. The zero-order chi connectivity index (χ0) is 13.5. The maximum atomic E-state index is 5.78. The van der Waals surface area contributed by atoms with Crippen molar-refractivity contribution < 1.29 is 4.52 Å². The summed E-state index contributed by atoms with van der Waals surface area (Å²) in [6.45, 7) is 8.26. The average Bonchev–Trinajstić information content (AvgIpc) is 2.81. The summed E-state index contributed by atoms with van der Waals surface area (Å²) >= 11 is 0. The number of hydrogen-bond donors (Lipinski definition) is 1. The minimum Gasteiger partial charge on any atom is -0.359 e.